The summed E-state index contributed by atoms with van der Waals surface area (Å²) in [6.45, 7) is 1.57. The fourth-order valence-electron chi connectivity index (χ4n) is 2.33. The summed E-state index contributed by atoms with van der Waals surface area (Å²) in [5.41, 5.74) is 0.885. The molecule has 1 aliphatic heterocycles. The van der Waals surface area contributed by atoms with E-state index in [4.69, 9.17) is 0 Å². The molecule has 4 heteroatoms. The molecule has 1 aromatic carbocycles. The van der Waals surface area contributed by atoms with Crippen molar-refractivity contribution in [1.29, 1.82) is 0 Å². The number of halogens is 1. The molecule has 0 aliphatic carbocycles. The van der Waals surface area contributed by atoms with Gasteiger partial charge in [-0.15, -0.1) is 0 Å². The van der Waals surface area contributed by atoms with E-state index in [0.29, 0.717) is 17.3 Å². The topological polar surface area (TPSA) is 23.6 Å². The van der Waals surface area contributed by atoms with Gasteiger partial charge in [0.25, 0.3) is 0 Å². The fraction of sp³-hybridized carbons (Fsp3) is 0.462. The van der Waals surface area contributed by atoms with Crippen LogP contribution in [0.1, 0.15) is 16.8 Å². The second-order valence-corrected chi connectivity index (χ2v) is 4.65. The Morgan fingerprint density at radius 1 is 1.47 bits per heavy atom. The van der Waals surface area contributed by atoms with E-state index in [1.807, 2.05) is 19.0 Å². The van der Waals surface area contributed by atoms with Crippen LogP contribution in [0.3, 0.4) is 0 Å². The van der Waals surface area contributed by atoms with E-state index in [-0.39, 0.29) is 5.82 Å². The minimum atomic E-state index is -0.311. The van der Waals surface area contributed by atoms with Crippen LogP contribution in [0.2, 0.25) is 0 Å². The van der Waals surface area contributed by atoms with Crippen molar-refractivity contribution >= 4 is 12.0 Å². The lowest BCUT2D eigenvalue weighted by molar-refractivity contribution is 0.112. The Morgan fingerprint density at radius 3 is 2.82 bits per heavy atom. The lowest BCUT2D eigenvalue weighted by Crippen LogP contribution is -2.32. The van der Waals surface area contributed by atoms with Crippen LogP contribution in [-0.2, 0) is 0 Å². The lowest BCUT2D eigenvalue weighted by atomic mass is 10.1. The molecule has 1 atom stereocenters. The number of anilines is 1. The van der Waals surface area contributed by atoms with Crippen LogP contribution in [0.5, 0.6) is 0 Å². The monoisotopic (exact) mass is 236 g/mol. The first-order chi connectivity index (χ1) is 8.13. The van der Waals surface area contributed by atoms with Gasteiger partial charge >= 0.3 is 0 Å². The number of nitrogens with zero attached hydrogens (tertiary/aromatic N) is 2. The zero-order valence-electron chi connectivity index (χ0n) is 10.2. The van der Waals surface area contributed by atoms with Crippen LogP contribution < -0.4 is 4.90 Å². The van der Waals surface area contributed by atoms with Gasteiger partial charge in [0, 0.05) is 24.7 Å². The molecule has 1 unspecified atom stereocenters. The van der Waals surface area contributed by atoms with Crippen LogP contribution in [-0.4, -0.2) is 44.4 Å². The highest BCUT2D eigenvalue weighted by atomic mass is 19.1. The summed E-state index contributed by atoms with van der Waals surface area (Å²) in [4.78, 5) is 15.1. The molecule has 0 bridgehead atoms. The van der Waals surface area contributed by atoms with E-state index in [2.05, 4.69) is 4.90 Å². The van der Waals surface area contributed by atoms with Crippen molar-refractivity contribution in [2.24, 2.45) is 0 Å². The Morgan fingerprint density at radius 2 is 2.24 bits per heavy atom. The fourth-order valence-corrected chi connectivity index (χ4v) is 2.33. The minimum absolute atomic E-state index is 0.311. The standard InChI is InChI=1S/C13H17FN2O/c1-15(2)11-6-7-16(8-11)13-10(9-17)4-3-5-12(13)14/h3-5,9,11H,6-8H2,1-2H3. The predicted molar refractivity (Wildman–Crippen MR) is 66.1 cm³/mol. The van der Waals surface area contributed by atoms with Gasteiger partial charge in [-0.1, -0.05) is 6.07 Å². The Kier molecular flexibility index (Phi) is 3.43. The highest BCUT2D eigenvalue weighted by Crippen LogP contribution is 2.27. The summed E-state index contributed by atoms with van der Waals surface area (Å²) < 4.78 is 13.8. The predicted octanol–water partition coefficient (Wildman–Crippen LogP) is 1.78. The third-order valence-corrected chi connectivity index (χ3v) is 3.35. The van der Waals surface area contributed by atoms with E-state index in [1.165, 1.54) is 6.07 Å². The highest BCUT2D eigenvalue weighted by Gasteiger charge is 2.27. The normalized spacial score (nSPS) is 20.0. The van der Waals surface area contributed by atoms with Crippen LogP contribution in [0, 0.1) is 5.82 Å². The van der Waals surface area contributed by atoms with Gasteiger partial charge in [-0.05, 0) is 32.6 Å². The van der Waals surface area contributed by atoms with Crippen LogP contribution in [0.15, 0.2) is 18.2 Å². The molecule has 0 amide bonds. The molecule has 1 saturated heterocycles. The second-order valence-electron chi connectivity index (χ2n) is 4.65. The van der Waals surface area contributed by atoms with E-state index < -0.39 is 0 Å². The third-order valence-electron chi connectivity index (χ3n) is 3.35. The summed E-state index contributed by atoms with van der Waals surface area (Å²) in [7, 11) is 4.05. The number of hydrogen-bond donors (Lipinski definition) is 0. The van der Waals surface area contributed by atoms with Gasteiger partial charge < -0.3 is 9.80 Å². The molecule has 0 radical (unpaired) electrons. The Labute approximate surface area is 101 Å². The summed E-state index contributed by atoms with van der Waals surface area (Å²) in [5.74, 6) is -0.311. The van der Waals surface area contributed by atoms with E-state index >= 15 is 0 Å². The Bertz CT molecular complexity index is 420. The quantitative estimate of drug-likeness (QED) is 0.747. The number of rotatable bonds is 3. The lowest BCUT2D eigenvalue weighted by Gasteiger charge is -2.23. The largest absolute Gasteiger partial charge is 0.367 e. The maximum atomic E-state index is 13.8. The van der Waals surface area contributed by atoms with E-state index in [1.54, 1.807) is 12.1 Å². The van der Waals surface area contributed by atoms with Gasteiger partial charge in [-0.2, -0.15) is 0 Å². The van der Waals surface area contributed by atoms with Crippen molar-refractivity contribution < 1.29 is 9.18 Å². The number of carbonyl (C=O) groups excluding carboxylic acids is 1. The van der Waals surface area contributed by atoms with Gasteiger partial charge in [0.15, 0.2) is 6.29 Å². The first-order valence-corrected chi connectivity index (χ1v) is 5.78. The molecule has 0 saturated carbocycles. The molecule has 3 nitrogen and oxygen atoms in total. The number of likely N-dealkylation sites (N-methyl/N-ethyl adjacent to an activating group) is 1. The number of para-hydroxylation sites is 1. The molecule has 1 aromatic rings. The summed E-state index contributed by atoms with van der Waals surface area (Å²) in [6.07, 6.45) is 1.72. The Balaban J connectivity index is 2.27. The van der Waals surface area contributed by atoms with Gasteiger partial charge in [-0.3, -0.25) is 4.79 Å². The van der Waals surface area contributed by atoms with Crippen molar-refractivity contribution in [3.05, 3.63) is 29.6 Å². The number of aldehydes is 1. The molecule has 17 heavy (non-hydrogen) atoms. The van der Waals surface area contributed by atoms with E-state index in [9.17, 15) is 9.18 Å². The zero-order valence-corrected chi connectivity index (χ0v) is 10.2. The van der Waals surface area contributed by atoms with Crippen molar-refractivity contribution in [3.63, 3.8) is 0 Å². The van der Waals surface area contributed by atoms with Crippen molar-refractivity contribution in [1.82, 2.24) is 4.90 Å². The average Bonchev–Trinajstić information content (AvgIpc) is 2.77. The molecule has 0 aromatic heterocycles. The highest BCUT2D eigenvalue weighted by molar-refractivity contribution is 5.85. The minimum Gasteiger partial charge on any atom is -0.367 e. The maximum Gasteiger partial charge on any atom is 0.152 e. The average molecular weight is 236 g/mol. The molecule has 1 heterocycles. The number of hydrogen-bond acceptors (Lipinski definition) is 3. The molecular formula is C13H17FN2O. The first kappa shape index (κ1) is 12.0. The molecule has 1 aliphatic rings. The smallest absolute Gasteiger partial charge is 0.152 e. The number of benzene rings is 1. The van der Waals surface area contributed by atoms with Crippen molar-refractivity contribution in [2.45, 2.75) is 12.5 Å². The molecule has 0 spiro atoms. The molecular weight excluding hydrogens is 219 g/mol. The second kappa shape index (κ2) is 4.84. The van der Waals surface area contributed by atoms with Gasteiger partial charge in [0.2, 0.25) is 0 Å². The van der Waals surface area contributed by atoms with Crippen LogP contribution in [0.4, 0.5) is 10.1 Å². The maximum absolute atomic E-state index is 13.8. The summed E-state index contributed by atoms with van der Waals surface area (Å²) in [5, 5.41) is 0. The van der Waals surface area contributed by atoms with Gasteiger partial charge in [-0.25, -0.2) is 4.39 Å². The summed E-state index contributed by atoms with van der Waals surface area (Å²) in [6, 6.07) is 5.07. The number of carbonyl (C=O) groups is 1. The summed E-state index contributed by atoms with van der Waals surface area (Å²) >= 11 is 0. The van der Waals surface area contributed by atoms with Crippen molar-refractivity contribution in [3.8, 4) is 0 Å². The SMILES string of the molecule is CN(C)C1CCN(c2c(F)cccc2C=O)C1. The molecule has 2 rings (SSSR count). The van der Waals surface area contributed by atoms with Gasteiger partial charge in [0.05, 0.1) is 5.69 Å². The Hall–Kier alpha value is -1.42. The van der Waals surface area contributed by atoms with E-state index in [0.717, 1.165) is 25.8 Å². The molecule has 1 fully saturated rings. The molecule has 0 N–H and O–H groups in total. The van der Waals surface area contributed by atoms with Gasteiger partial charge in [0.1, 0.15) is 5.82 Å². The molecule has 92 valence electrons. The van der Waals surface area contributed by atoms with Crippen molar-refractivity contribution in [2.75, 3.05) is 32.1 Å². The third kappa shape index (κ3) is 2.31. The first-order valence-electron chi connectivity index (χ1n) is 5.78. The van der Waals surface area contributed by atoms with Crippen LogP contribution >= 0.6 is 0 Å². The zero-order chi connectivity index (χ0) is 12.4. The van der Waals surface area contributed by atoms with Crippen LogP contribution in [0.25, 0.3) is 0 Å².